The fourth-order valence-corrected chi connectivity index (χ4v) is 3.60. The monoisotopic (exact) mass is 396 g/mol. The third-order valence-corrected chi connectivity index (χ3v) is 6.02. The Kier molecular flexibility index (Phi) is 6.83. The van der Waals surface area contributed by atoms with E-state index in [1.807, 2.05) is 20.8 Å². The lowest BCUT2D eigenvalue weighted by Gasteiger charge is -2.33. The Morgan fingerprint density at radius 1 is 1.19 bits per heavy atom. The molecule has 0 saturated carbocycles. The second-order valence-electron chi connectivity index (χ2n) is 6.89. The van der Waals surface area contributed by atoms with Crippen LogP contribution in [0.1, 0.15) is 36.2 Å². The van der Waals surface area contributed by atoms with Crippen LogP contribution in [-0.4, -0.2) is 68.0 Å². The lowest BCUT2D eigenvalue weighted by atomic mass is 10.1. The van der Waals surface area contributed by atoms with E-state index in [0.717, 1.165) is 12.0 Å². The van der Waals surface area contributed by atoms with Gasteiger partial charge in [0.05, 0.1) is 6.26 Å². The predicted molar refractivity (Wildman–Crippen MR) is 105 cm³/mol. The zero-order valence-corrected chi connectivity index (χ0v) is 17.1. The van der Waals surface area contributed by atoms with Crippen LogP contribution in [0.5, 0.6) is 0 Å². The maximum Gasteiger partial charge on any atom is 0.321 e. The highest BCUT2D eigenvalue weighted by atomic mass is 32.2. The minimum atomic E-state index is -3.23. The molecule has 1 aliphatic heterocycles. The number of benzene rings is 1. The molecule has 1 unspecified atom stereocenters. The van der Waals surface area contributed by atoms with E-state index >= 15 is 0 Å². The van der Waals surface area contributed by atoms with Crippen molar-refractivity contribution in [2.24, 2.45) is 0 Å². The number of urea groups is 1. The molecule has 1 aromatic rings. The molecule has 1 aromatic carbocycles. The molecule has 2 rings (SSSR count). The van der Waals surface area contributed by atoms with E-state index in [-0.39, 0.29) is 18.0 Å². The molecule has 1 saturated heterocycles. The van der Waals surface area contributed by atoms with Gasteiger partial charge in [-0.2, -0.15) is 4.31 Å². The largest absolute Gasteiger partial charge is 0.350 e. The molecule has 2 N–H and O–H groups in total. The first-order chi connectivity index (χ1) is 12.6. The predicted octanol–water partition coefficient (Wildman–Crippen LogP) is 1.63. The molecule has 9 heteroatoms. The number of carbonyl (C=O) groups excluding carboxylic acids is 2. The molecule has 27 heavy (non-hydrogen) atoms. The fraction of sp³-hybridized carbons (Fsp3) is 0.556. The van der Waals surface area contributed by atoms with Crippen LogP contribution in [0, 0.1) is 6.92 Å². The summed E-state index contributed by atoms with van der Waals surface area (Å²) in [5.74, 6) is -0.137. The first-order valence-electron chi connectivity index (χ1n) is 9.04. The molecule has 8 nitrogen and oxygen atoms in total. The molecule has 0 aromatic heterocycles. The van der Waals surface area contributed by atoms with Crippen LogP contribution in [0.2, 0.25) is 0 Å². The molecule has 1 heterocycles. The van der Waals surface area contributed by atoms with E-state index in [9.17, 15) is 18.0 Å². The van der Waals surface area contributed by atoms with Gasteiger partial charge in [-0.05, 0) is 44.0 Å². The zero-order chi connectivity index (χ0) is 20.2. The Hall–Kier alpha value is -2.13. The number of carbonyl (C=O) groups is 2. The van der Waals surface area contributed by atoms with Crippen molar-refractivity contribution in [3.63, 3.8) is 0 Å². The number of anilines is 1. The molecular weight excluding hydrogens is 368 g/mol. The van der Waals surface area contributed by atoms with E-state index in [2.05, 4.69) is 10.6 Å². The van der Waals surface area contributed by atoms with Crippen molar-refractivity contribution in [2.45, 2.75) is 33.2 Å². The maximum atomic E-state index is 12.4. The average Bonchev–Trinajstić information content (AvgIpc) is 2.62. The third-order valence-electron chi connectivity index (χ3n) is 4.71. The van der Waals surface area contributed by atoms with Crippen molar-refractivity contribution in [3.05, 3.63) is 29.3 Å². The number of nitrogens with one attached hydrogen (secondary N) is 2. The number of rotatable bonds is 5. The second-order valence-corrected chi connectivity index (χ2v) is 8.87. The smallest absolute Gasteiger partial charge is 0.321 e. The summed E-state index contributed by atoms with van der Waals surface area (Å²) in [6.07, 6.45) is 2.02. The van der Waals surface area contributed by atoms with E-state index in [1.54, 1.807) is 23.1 Å². The van der Waals surface area contributed by atoms with E-state index < -0.39 is 10.0 Å². The molecule has 1 aliphatic rings. The number of piperazine rings is 1. The highest BCUT2D eigenvalue weighted by Crippen LogP contribution is 2.18. The highest BCUT2D eigenvalue weighted by molar-refractivity contribution is 7.88. The van der Waals surface area contributed by atoms with Crippen LogP contribution in [0.4, 0.5) is 10.5 Å². The van der Waals surface area contributed by atoms with Crippen LogP contribution in [0.25, 0.3) is 0 Å². The summed E-state index contributed by atoms with van der Waals surface area (Å²) < 4.78 is 24.5. The van der Waals surface area contributed by atoms with Crippen LogP contribution < -0.4 is 10.6 Å². The van der Waals surface area contributed by atoms with Crippen molar-refractivity contribution in [1.29, 1.82) is 0 Å². The number of amides is 3. The van der Waals surface area contributed by atoms with Crippen molar-refractivity contribution < 1.29 is 18.0 Å². The molecule has 0 bridgehead atoms. The van der Waals surface area contributed by atoms with E-state index in [4.69, 9.17) is 0 Å². The first kappa shape index (κ1) is 21.2. The molecule has 3 amide bonds. The summed E-state index contributed by atoms with van der Waals surface area (Å²) >= 11 is 0. The maximum absolute atomic E-state index is 12.4. The van der Waals surface area contributed by atoms with Gasteiger partial charge in [0.1, 0.15) is 0 Å². The van der Waals surface area contributed by atoms with E-state index in [0.29, 0.717) is 37.4 Å². The van der Waals surface area contributed by atoms with Crippen LogP contribution in [0.15, 0.2) is 18.2 Å². The Balaban J connectivity index is 1.97. The Morgan fingerprint density at radius 3 is 2.33 bits per heavy atom. The van der Waals surface area contributed by atoms with Crippen molar-refractivity contribution in [2.75, 3.05) is 37.8 Å². The minimum absolute atomic E-state index is 0.0998. The standard InChI is InChI=1S/C18H28N4O4S/c1-5-14(3)19-17(23)15-6-7-16(13(2)12-15)20-18(24)21-8-10-22(11-9-21)27(4,25)26/h6-7,12,14H,5,8-11H2,1-4H3,(H,19,23)(H,20,24). The average molecular weight is 397 g/mol. The summed E-state index contributed by atoms with van der Waals surface area (Å²) in [7, 11) is -3.23. The van der Waals surface area contributed by atoms with Crippen LogP contribution in [0.3, 0.4) is 0 Å². The number of hydrogen-bond donors (Lipinski definition) is 2. The summed E-state index contributed by atoms with van der Waals surface area (Å²) in [6, 6.07) is 4.97. The SMILES string of the molecule is CCC(C)NC(=O)c1ccc(NC(=O)N2CCN(S(C)(=O)=O)CC2)c(C)c1. The van der Waals surface area contributed by atoms with Crippen molar-refractivity contribution in [3.8, 4) is 0 Å². The Bertz CT molecular complexity index is 802. The third kappa shape index (κ3) is 5.67. The summed E-state index contributed by atoms with van der Waals surface area (Å²) in [5, 5.41) is 5.75. The highest BCUT2D eigenvalue weighted by Gasteiger charge is 2.26. The lowest BCUT2D eigenvalue weighted by molar-refractivity contribution is 0.0939. The topological polar surface area (TPSA) is 98.8 Å². The molecule has 0 aliphatic carbocycles. The van der Waals surface area contributed by atoms with E-state index in [1.165, 1.54) is 10.6 Å². The Labute approximate surface area is 161 Å². The molecule has 0 spiro atoms. The van der Waals surface area contributed by atoms with Crippen molar-refractivity contribution >= 4 is 27.6 Å². The molecular formula is C18H28N4O4S. The quantitative estimate of drug-likeness (QED) is 0.790. The summed E-state index contributed by atoms with van der Waals surface area (Å²) in [4.78, 5) is 26.2. The van der Waals surface area contributed by atoms with Gasteiger partial charge in [-0.3, -0.25) is 4.79 Å². The van der Waals surface area contributed by atoms with Crippen LogP contribution in [-0.2, 0) is 10.0 Å². The van der Waals surface area contributed by atoms with Gasteiger partial charge in [-0.1, -0.05) is 6.92 Å². The lowest BCUT2D eigenvalue weighted by Crippen LogP contribution is -2.51. The van der Waals surface area contributed by atoms with Gasteiger partial charge in [0.15, 0.2) is 0 Å². The van der Waals surface area contributed by atoms with Gasteiger partial charge >= 0.3 is 6.03 Å². The zero-order valence-electron chi connectivity index (χ0n) is 16.3. The molecule has 1 fully saturated rings. The van der Waals surface area contributed by atoms with Gasteiger partial charge in [-0.15, -0.1) is 0 Å². The number of sulfonamides is 1. The molecule has 1 atom stereocenters. The van der Waals surface area contributed by atoms with Gasteiger partial charge in [0, 0.05) is 43.5 Å². The van der Waals surface area contributed by atoms with Gasteiger partial charge in [0.25, 0.3) is 5.91 Å². The minimum Gasteiger partial charge on any atom is -0.350 e. The Morgan fingerprint density at radius 2 is 1.81 bits per heavy atom. The van der Waals surface area contributed by atoms with Crippen molar-refractivity contribution in [1.82, 2.24) is 14.5 Å². The number of nitrogens with zero attached hydrogens (tertiary/aromatic N) is 2. The number of hydrogen-bond acceptors (Lipinski definition) is 4. The normalized spacial score (nSPS) is 16.7. The summed E-state index contributed by atoms with van der Waals surface area (Å²) in [5.41, 5.74) is 1.97. The van der Waals surface area contributed by atoms with Gasteiger partial charge in [0.2, 0.25) is 10.0 Å². The van der Waals surface area contributed by atoms with Gasteiger partial charge < -0.3 is 15.5 Å². The number of aryl methyl sites for hydroxylation is 1. The molecule has 150 valence electrons. The summed E-state index contributed by atoms with van der Waals surface area (Å²) in [6.45, 7) is 7.05. The molecule has 0 radical (unpaired) electrons. The second kappa shape index (κ2) is 8.71. The van der Waals surface area contributed by atoms with Gasteiger partial charge in [-0.25, -0.2) is 13.2 Å². The first-order valence-corrected chi connectivity index (χ1v) is 10.9. The van der Waals surface area contributed by atoms with Crippen LogP contribution >= 0.6 is 0 Å². The fourth-order valence-electron chi connectivity index (χ4n) is 2.77.